The van der Waals surface area contributed by atoms with Crippen molar-refractivity contribution in [1.82, 2.24) is 0 Å². The molecule has 64 valence electrons. The Balaban J connectivity index is 2.59. The minimum absolute atomic E-state index is 0.246. The molecule has 0 spiro atoms. The van der Waals surface area contributed by atoms with Gasteiger partial charge < -0.3 is 0 Å². The van der Waals surface area contributed by atoms with Crippen molar-refractivity contribution in [3.8, 4) is 0 Å². The van der Waals surface area contributed by atoms with Crippen LogP contribution in [0.15, 0.2) is 0 Å². The van der Waals surface area contributed by atoms with Crippen molar-refractivity contribution in [3.63, 3.8) is 0 Å². The van der Waals surface area contributed by atoms with Crippen molar-refractivity contribution in [2.45, 2.75) is 39.0 Å². The summed E-state index contributed by atoms with van der Waals surface area (Å²) in [7, 11) is 0. The molecule has 1 aliphatic carbocycles. The summed E-state index contributed by atoms with van der Waals surface area (Å²) in [5.74, 6) is 0.246. The molecule has 1 unspecified atom stereocenters. The Morgan fingerprint density at radius 3 is 2.73 bits per heavy atom. The van der Waals surface area contributed by atoms with Crippen LogP contribution in [0, 0.1) is 5.41 Å². The summed E-state index contributed by atoms with van der Waals surface area (Å²) in [4.78, 5) is 11.0. The van der Waals surface area contributed by atoms with Crippen LogP contribution < -0.4 is 0 Å². The van der Waals surface area contributed by atoms with E-state index in [9.17, 15) is 9.18 Å². The topological polar surface area (TPSA) is 17.1 Å². The van der Waals surface area contributed by atoms with E-state index in [-0.39, 0.29) is 17.9 Å². The Morgan fingerprint density at radius 1 is 1.64 bits per heavy atom. The summed E-state index contributed by atoms with van der Waals surface area (Å²) in [6.07, 6.45) is 3.72. The van der Waals surface area contributed by atoms with Crippen LogP contribution in [-0.4, -0.2) is 12.5 Å². The first-order valence-electron chi connectivity index (χ1n) is 4.30. The molecular formula is C9H15FO. The molecule has 1 aliphatic rings. The van der Waals surface area contributed by atoms with Crippen LogP contribution in [0.4, 0.5) is 4.39 Å². The summed E-state index contributed by atoms with van der Waals surface area (Å²) < 4.78 is 12.6. The van der Waals surface area contributed by atoms with Gasteiger partial charge in [-0.1, -0.05) is 6.92 Å². The van der Waals surface area contributed by atoms with E-state index in [0.29, 0.717) is 12.8 Å². The van der Waals surface area contributed by atoms with Gasteiger partial charge in [-0.15, -0.1) is 0 Å². The van der Waals surface area contributed by atoms with Gasteiger partial charge in [-0.3, -0.25) is 9.18 Å². The average Bonchev–Trinajstić information content (AvgIpc) is 2.04. The van der Waals surface area contributed by atoms with Gasteiger partial charge in [-0.2, -0.15) is 0 Å². The highest BCUT2D eigenvalue weighted by molar-refractivity contribution is 5.79. The van der Waals surface area contributed by atoms with Crippen molar-refractivity contribution in [2.24, 2.45) is 5.41 Å². The molecule has 0 aromatic heterocycles. The van der Waals surface area contributed by atoms with E-state index >= 15 is 0 Å². The summed E-state index contributed by atoms with van der Waals surface area (Å²) in [5.41, 5.74) is -0.282. The number of Topliss-reactive ketones (excluding diaryl/α,β-unsaturated/α-hetero) is 1. The van der Waals surface area contributed by atoms with E-state index < -0.39 is 0 Å². The average molecular weight is 158 g/mol. The number of carbonyl (C=O) groups is 1. The van der Waals surface area contributed by atoms with Gasteiger partial charge in [0.25, 0.3) is 0 Å². The third-order valence-corrected chi connectivity index (χ3v) is 2.77. The van der Waals surface area contributed by atoms with E-state index in [0.717, 1.165) is 19.3 Å². The quantitative estimate of drug-likeness (QED) is 0.603. The number of alkyl halides is 1. The lowest BCUT2D eigenvalue weighted by atomic mass is 9.73. The Kier molecular flexibility index (Phi) is 2.63. The van der Waals surface area contributed by atoms with E-state index in [4.69, 9.17) is 0 Å². The first kappa shape index (κ1) is 8.69. The Morgan fingerprint density at radius 2 is 2.36 bits per heavy atom. The molecule has 1 rings (SSSR count). The highest BCUT2D eigenvalue weighted by Crippen LogP contribution is 2.37. The van der Waals surface area contributed by atoms with Gasteiger partial charge in [0.2, 0.25) is 0 Å². The second-order valence-corrected chi connectivity index (χ2v) is 3.56. The SMILES string of the molecule is CCC1(CF)CCCC(=O)C1. The number of rotatable bonds is 2. The highest BCUT2D eigenvalue weighted by atomic mass is 19.1. The van der Waals surface area contributed by atoms with Crippen LogP contribution in [0.2, 0.25) is 0 Å². The maximum absolute atomic E-state index is 12.6. The zero-order chi connectivity index (χ0) is 8.32. The van der Waals surface area contributed by atoms with Crippen molar-refractivity contribution < 1.29 is 9.18 Å². The Bertz CT molecular complexity index is 150. The minimum Gasteiger partial charge on any atom is -0.300 e. The zero-order valence-corrected chi connectivity index (χ0v) is 7.03. The largest absolute Gasteiger partial charge is 0.300 e. The molecule has 0 N–H and O–H groups in total. The number of halogens is 1. The standard InChI is InChI=1S/C9H15FO/c1-2-9(7-10)5-3-4-8(11)6-9/h2-7H2,1H3. The maximum atomic E-state index is 12.6. The van der Waals surface area contributed by atoms with E-state index in [2.05, 4.69) is 0 Å². The smallest absolute Gasteiger partial charge is 0.133 e. The third kappa shape index (κ3) is 1.79. The van der Waals surface area contributed by atoms with Gasteiger partial charge in [0, 0.05) is 18.3 Å². The fraction of sp³-hybridized carbons (Fsp3) is 0.889. The molecule has 0 radical (unpaired) electrons. The Labute approximate surface area is 67.0 Å². The fourth-order valence-corrected chi connectivity index (χ4v) is 1.77. The molecule has 1 atom stereocenters. The molecule has 2 heteroatoms. The van der Waals surface area contributed by atoms with E-state index in [1.807, 2.05) is 6.92 Å². The van der Waals surface area contributed by atoms with Gasteiger partial charge in [0.15, 0.2) is 0 Å². The first-order chi connectivity index (χ1) is 5.22. The molecule has 0 heterocycles. The molecular weight excluding hydrogens is 143 g/mol. The lowest BCUT2D eigenvalue weighted by molar-refractivity contribution is -0.124. The molecule has 0 amide bonds. The maximum Gasteiger partial charge on any atom is 0.133 e. The molecule has 1 nitrogen and oxygen atoms in total. The van der Waals surface area contributed by atoms with E-state index in [1.54, 1.807) is 0 Å². The summed E-state index contributed by atoms with van der Waals surface area (Å²) in [6, 6.07) is 0. The highest BCUT2D eigenvalue weighted by Gasteiger charge is 2.33. The lowest BCUT2D eigenvalue weighted by Gasteiger charge is -2.32. The van der Waals surface area contributed by atoms with Crippen LogP contribution in [0.25, 0.3) is 0 Å². The molecule has 1 fully saturated rings. The van der Waals surface area contributed by atoms with Gasteiger partial charge in [-0.25, -0.2) is 0 Å². The molecule has 0 aromatic rings. The van der Waals surface area contributed by atoms with Crippen molar-refractivity contribution in [3.05, 3.63) is 0 Å². The van der Waals surface area contributed by atoms with E-state index in [1.165, 1.54) is 0 Å². The monoisotopic (exact) mass is 158 g/mol. The van der Waals surface area contributed by atoms with Crippen LogP contribution in [0.1, 0.15) is 39.0 Å². The van der Waals surface area contributed by atoms with Crippen molar-refractivity contribution in [1.29, 1.82) is 0 Å². The molecule has 0 aliphatic heterocycles. The summed E-state index contributed by atoms with van der Waals surface area (Å²) in [6.45, 7) is 1.65. The zero-order valence-electron chi connectivity index (χ0n) is 7.03. The molecule has 0 saturated heterocycles. The second kappa shape index (κ2) is 3.33. The van der Waals surface area contributed by atoms with Crippen molar-refractivity contribution >= 4 is 5.78 Å². The van der Waals surface area contributed by atoms with Crippen LogP contribution in [-0.2, 0) is 4.79 Å². The van der Waals surface area contributed by atoms with Gasteiger partial charge in [0.1, 0.15) is 5.78 Å². The van der Waals surface area contributed by atoms with Crippen LogP contribution in [0.3, 0.4) is 0 Å². The summed E-state index contributed by atoms with van der Waals surface area (Å²) in [5, 5.41) is 0. The second-order valence-electron chi connectivity index (χ2n) is 3.56. The van der Waals surface area contributed by atoms with Gasteiger partial charge in [-0.05, 0) is 19.3 Å². The molecule has 1 saturated carbocycles. The first-order valence-corrected chi connectivity index (χ1v) is 4.30. The van der Waals surface area contributed by atoms with Gasteiger partial charge >= 0.3 is 0 Å². The number of hydrogen-bond acceptors (Lipinski definition) is 1. The predicted octanol–water partition coefficient (Wildman–Crippen LogP) is 2.50. The van der Waals surface area contributed by atoms with Crippen LogP contribution in [0.5, 0.6) is 0 Å². The number of ketones is 1. The number of hydrogen-bond donors (Lipinski definition) is 0. The van der Waals surface area contributed by atoms with Gasteiger partial charge in [0.05, 0.1) is 6.67 Å². The third-order valence-electron chi connectivity index (χ3n) is 2.77. The summed E-state index contributed by atoms with van der Waals surface area (Å²) >= 11 is 0. The lowest BCUT2D eigenvalue weighted by Crippen LogP contribution is -2.30. The fourth-order valence-electron chi connectivity index (χ4n) is 1.77. The molecule has 0 bridgehead atoms. The normalized spacial score (nSPS) is 32.4. The number of carbonyl (C=O) groups excluding carboxylic acids is 1. The Hall–Kier alpha value is -0.400. The minimum atomic E-state index is -0.324. The molecule has 0 aromatic carbocycles. The predicted molar refractivity (Wildman–Crippen MR) is 42.2 cm³/mol. The van der Waals surface area contributed by atoms with Crippen molar-refractivity contribution in [2.75, 3.05) is 6.67 Å². The van der Waals surface area contributed by atoms with Crippen LogP contribution >= 0.6 is 0 Å². The molecule has 11 heavy (non-hydrogen) atoms.